The summed E-state index contributed by atoms with van der Waals surface area (Å²) in [5, 5.41) is 2.38. The van der Waals surface area contributed by atoms with Gasteiger partial charge in [-0.3, -0.25) is 9.69 Å². The van der Waals surface area contributed by atoms with E-state index in [0.717, 1.165) is 12.8 Å². The molecular formula is C17H24FN3O3S. The zero-order valence-electron chi connectivity index (χ0n) is 14.3. The van der Waals surface area contributed by atoms with Gasteiger partial charge < -0.3 is 5.32 Å². The number of halogens is 1. The summed E-state index contributed by atoms with van der Waals surface area (Å²) in [6.07, 6.45) is 2.94. The molecule has 2 aliphatic rings. The molecule has 1 aromatic rings. The molecule has 2 fully saturated rings. The zero-order chi connectivity index (χ0) is 18.0. The van der Waals surface area contributed by atoms with Crippen LogP contribution < -0.4 is 5.32 Å². The molecule has 1 N–H and O–H groups in total. The van der Waals surface area contributed by atoms with Crippen molar-refractivity contribution < 1.29 is 17.6 Å². The summed E-state index contributed by atoms with van der Waals surface area (Å²) in [6.45, 7) is 1.49. The first-order valence-corrected chi connectivity index (χ1v) is 10.1. The Kier molecular flexibility index (Phi) is 5.41. The van der Waals surface area contributed by atoms with Crippen molar-refractivity contribution in [3.8, 4) is 0 Å². The summed E-state index contributed by atoms with van der Waals surface area (Å²) in [5.74, 6) is -0.719. The second-order valence-corrected chi connectivity index (χ2v) is 9.07. The van der Waals surface area contributed by atoms with Crippen molar-refractivity contribution in [1.82, 2.24) is 9.21 Å². The van der Waals surface area contributed by atoms with Crippen molar-refractivity contribution in [2.24, 2.45) is 0 Å². The Bertz CT molecular complexity index is 728. The highest BCUT2D eigenvalue weighted by molar-refractivity contribution is 7.90. The summed E-state index contributed by atoms with van der Waals surface area (Å²) in [7, 11) is -1.49. The van der Waals surface area contributed by atoms with Crippen molar-refractivity contribution in [2.45, 2.75) is 37.0 Å². The number of anilines is 1. The molecule has 0 bridgehead atoms. The molecule has 1 aliphatic heterocycles. The second-order valence-electron chi connectivity index (χ2n) is 6.80. The fraction of sp³-hybridized carbons (Fsp3) is 0.588. The number of likely N-dealkylation sites (tertiary alicyclic amines) is 1. The Morgan fingerprint density at radius 2 is 1.88 bits per heavy atom. The molecule has 1 heterocycles. The van der Waals surface area contributed by atoms with E-state index in [9.17, 15) is 17.6 Å². The molecule has 0 radical (unpaired) electrons. The molecule has 0 spiro atoms. The van der Waals surface area contributed by atoms with Crippen LogP contribution in [-0.4, -0.2) is 61.5 Å². The van der Waals surface area contributed by atoms with Crippen molar-refractivity contribution in [3.63, 3.8) is 0 Å². The monoisotopic (exact) mass is 369 g/mol. The van der Waals surface area contributed by atoms with E-state index in [-0.39, 0.29) is 29.4 Å². The Morgan fingerprint density at radius 1 is 1.24 bits per heavy atom. The second kappa shape index (κ2) is 7.39. The van der Waals surface area contributed by atoms with Crippen LogP contribution in [0.4, 0.5) is 10.1 Å². The van der Waals surface area contributed by atoms with Crippen LogP contribution in [0, 0.1) is 5.82 Å². The van der Waals surface area contributed by atoms with E-state index in [1.54, 1.807) is 19.2 Å². The van der Waals surface area contributed by atoms with Gasteiger partial charge in [0.15, 0.2) is 0 Å². The lowest BCUT2D eigenvalue weighted by Crippen LogP contribution is -2.47. The number of carbonyl (C=O) groups is 1. The zero-order valence-corrected chi connectivity index (χ0v) is 15.1. The molecule has 8 heteroatoms. The topological polar surface area (TPSA) is 69.7 Å². The van der Waals surface area contributed by atoms with Crippen LogP contribution in [0.25, 0.3) is 0 Å². The van der Waals surface area contributed by atoms with Crippen LogP contribution in [0.2, 0.25) is 0 Å². The maximum Gasteiger partial charge on any atom is 0.238 e. The number of sulfonamides is 1. The molecule has 3 rings (SSSR count). The predicted molar refractivity (Wildman–Crippen MR) is 94.2 cm³/mol. The van der Waals surface area contributed by atoms with Gasteiger partial charge in [0.2, 0.25) is 15.9 Å². The summed E-state index contributed by atoms with van der Waals surface area (Å²) in [5.41, 5.74) is 0.178. The van der Waals surface area contributed by atoms with Gasteiger partial charge in [0.25, 0.3) is 0 Å². The van der Waals surface area contributed by atoms with Gasteiger partial charge in [-0.15, -0.1) is 0 Å². The Hall–Kier alpha value is -1.51. The quantitative estimate of drug-likeness (QED) is 0.828. The molecule has 6 nitrogen and oxygen atoms in total. The van der Waals surface area contributed by atoms with Gasteiger partial charge in [0, 0.05) is 26.2 Å². The van der Waals surface area contributed by atoms with E-state index < -0.39 is 15.8 Å². The molecule has 1 aliphatic carbocycles. The normalized spacial score (nSPS) is 20.0. The molecule has 25 heavy (non-hydrogen) atoms. The molecule has 0 unspecified atom stereocenters. The van der Waals surface area contributed by atoms with Crippen molar-refractivity contribution >= 4 is 21.6 Å². The Labute approximate surface area is 148 Å². The van der Waals surface area contributed by atoms with Gasteiger partial charge >= 0.3 is 0 Å². The lowest BCUT2D eigenvalue weighted by molar-refractivity contribution is -0.117. The average molecular weight is 369 g/mol. The van der Waals surface area contributed by atoms with Crippen LogP contribution in [0.5, 0.6) is 0 Å². The number of hydrogen-bond acceptors (Lipinski definition) is 4. The predicted octanol–water partition coefficient (Wildman–Crippen LogP) is 1.65. The molecule has 0 atom stereocenters. The first kappa shape index (κ1) is 18.3. The standard InChI is InChI=1S/C17H24FN3O3S/c1-20(25(23,24)14-6-7-14)13-8-10-21(11-9-13)12-17(22)19-16-5-3-2-4-15(16)18/h2-5,13-14H,6-12H2,1H3,(H,19,22). The minimum atomic E-state index is -3.16. The van der Waals surface area contributed by atoms with Crippen LogP contribution in [0.15, 0.2) is 24.3 Å². The highest BCUT2D eigenvalue weighted by atomic mass is 32.2. The molecule has 1 saturated heterocycles. The first-order chi connectivity index (χ1) is 11.9. The van der Waals surface area contributed by atoms with Crippen molar-refractivity contribution in [3.05, 3.63) is 30.1 Å². The molecular weight excluding hydrogens is 345 g/mol. The lowest BCUT2D eigenvalue weighted by Gasteiger charge is -2.35. The van der Waals surface area contributed by atoms with Gasteiger partial charge in [0.05, 0.1) is 17.5 Å². The highest BCUT2D eigenvalue weighted by Gasteiger charge is 2.41. The minimum absolute atomic E-state index is 0.00326. The van der Waals surface area contributed by atoms with E-state index in [1.165, 1.54) is 16.4 Å². The molecule has 1 saturated carbocycles. The number of amides is 1. The average Bonchev–Trinajstić information content (AvgIpc) is 3.42. The van der Waals surface area contributed by atoms with E-state index in [2.05, 4.69) is 5.32 Å². The first-order valence-electron chi connectivity index (χ1n) is 8.61. The molecule has 1 aromatic carbocycles. The van der Waals surface area contributed by atoms with Gasteiger partial charge in [-0.05, 0) is 37.8 Å². The number of carbonyl (C=O) groups excluding carboxylic acids is 1. The SMILES string of the molecule is CN(C1CCN(CC(=O)Nc2ccccc2F)CC1)S(=O)(=O)C1CC1. The largest absolute Gasteiger partial charge is 0.322 e. The summed E-state index contributed by atoms with van der Waals surface area (Å²) in [4.78, 5) is 14.1. The minimum Gasteiger partial charge on any atom is -0.322 e. The van der Waals surface area contributed by atoms with Gasteiger partial charge in [0.1, 0.15) is 5.82 Å². The van der Waals surface area contributed by atoms with E-state index in [0.29, 0.717) is 25.9 Å². The number of nitrogens with one attached hydrogen (secondary N) is 1. The fourth-order valence-electron chi connectivity index (χ4n) is 3.21. The Morgan fingerprint density at radius 3 is 2.48 bits per heavy atom. The van der Waals surface area contributed by atoms with Crippen LogP contribution in [0.1, 0.15) is 25.7 Å². The maximum atomic E-state index is 13.6. The van der Waals surface area contributed by atoms with Crippen LogP contribution >= 0.6 is 0 Å². The van der Waals surface area contributed by atoms with Gasteiger partial charge in [-0.2, -0.15) is 0 Å². The fourth-order valence-corrected chi connectivity index (χ4v) is 5.03. The molecule has 1 amide bonds. The number of para-hydroxylation sites is 1. The lowest BCUT2D eigenvalue weighted by atomic mass is 10.1. The van der Waals surface area contributed by atoms with E-state index in [4.69, 9.17) is 0 Å². The third kappa shape index (κ3) is 4.37. The van der Waals surface area contributed by atoms with Crippen LogP contribution in [-0.2, 0) is 14.8 Å². The number of piperidine rings is 1. The Balaban J connectivity index is 1.47. The summed E-state index contributed by atoms with van der Waals surface area (Å²) in [6, 6.07) is 6.06. The number of nitrogens with zero attached hydrogens (tertiary/aromatic N) is 2. The smallest absolute Gasteiger partial charge is 0.238 e. The molecule has 138 valence electrons. The van der Waals surface area contributed by atoms with Crippen LogP contribution in [0.3, 0.4) is 0 Å². The highest BCUT2D eigenvalue weighted by Crippen LogP contribution is 2.32. The van der Waals surface area contributed by atoms with Crippen molar-refractivity contribution in [2.75, 3.05) is 32.0 Å². The summed E-state index contributed by atoms with van der Waals surface area (Å²) < 4.78 is 39.7. The third-order valence-corrected chi connectivity index (χ3v) is 7.35. The van der Waals surface area contributed by atoms with E-state index >= 15 is 0 Å². The number of benzene rings is 1. The molecule has 0 aromatic heterocycles. The van der Waals surface area contributed by atoms with E-state index in [1.807, 2.05) is 4.90 Å². The maximum absolute atomic E-state index is 13.6. The third-order valence-electron chi connectivity index (χ3n) is 4.93. The number of rotatable bonds is 6. The van der Waals surface area contributed by atoms with Gasteiger partial charge in [-0.25, -0.2) is 17.1 Å². The van der Waals surface area contributed by atoms with Crippen molar-refractivity contribution in [1.29, 1.82) is 0 Å². The van der Waals surface area contributed by atoms with Gasteiger partial charge in [-0.1, -0.05) is 12.1 Å². The summed E-state index contributed by atoms with van der Waals surface area (Å²) >= 11 is 0. The number of hydrogen-bond donors (Lipinski definition) is 1.